The highest BCUT2D eigenvalue weighted by atomic mass is 16.2. The summed E-state index contributed by atoms with van der Waals surface area (Å²) in [6, 6.07) is 0.405. The van der Waals surface area contributed by atoms with Gasteiger partial charge in [-0.2, -0.15) is 0 Å². The van der Waals surface area contributed by atoms with E-state index in [0.29, 0.717) is 18.9 Å². The molecule has 3 aliphatic rings. The van der Waals surface area contributed by atoms with Gasteiger partial charge in [0.2, 0.25) is 11.8 Å². The molecule has 1 aromatic heterocycles. The van der Waals surface area contributed by atoms with Crippen molar-refractivity contribution in [3.05, 3.63) is 24.3 Å². The van der Waals surface area contributed by atoms with Gasteiger partial charge in [-0.1, -0.05) is 0 Å². The summed E-state index contributed by atoms with van der Waals surface area (Å²) in [4.78, 5) is 34.7. The summed E-state index contributed by atoms with van der Waals surface area (Å²) in [5.74, 6) is 0.523. The van der Waals surface area contributed by atoms with E-state index in [1.165, 1.54) is 12.7 Å². The molecule has 1 spiro atoms. The lowest BCUT2D eigenvalue weighted by atomic mass is 9.92. The maximum atomic E-state index is 12.4. The summed E-state index contributed by atoms with van der Waals surface area (Å²) >= 11 is 0. The van der Waals surface area contributed by atoms with Crippen LogP contribution in [-0.4, -0.2) is 45.8 Å². The van der Waals surface area contributed by atoms with Gasteiger partial charge in [0.1, 0.15) is 6.33 Å². The van der Waals surface area contributed by atoms with Crippen LogP contribution in [0.3, 0.4) is 0 Å². The molecule has 1 aliphatic heterocycles. The lowest BCUT2D eigenvalue weighted by molar-refractivity contribution is -0.130. The van der Waals surface area contributed by atoms with E-state index in [-0.39, 0.29) is 23.1 Å². The highest BCUT2D eigenvalue weighted by molar-refractivity contribution is 5.84. The molecule has 128 valence electrons. The van der Waals surface area contributed by atoms with Crippen LogP contribution in [0.1, 0.15) is 44.1 Å². The number of aromatic nitrogens is 2. The molecule has 4 rings (SSSR count). The third-order valence-electron chi connectivity index (χ3n) is 5.94. The molecule has 2 amide bonds. The van der Waals surface area contributed by atoms with Crippen LogP contribution in [0.4, 0.5) is 0 Å². The van der Waals surface area contributed by atoms with Crippen LogP contribution in [0, 0.1) is 11.3 Å². The van der Waals surface area contributed by atoms with Crippen LogP contribution in [0.25, 0.3) is 0 Å². The number of rotatable bonds is 5. The van der Waals surface area contributed by atoms with Crippen molar-refractivity contribution in [1.29, 1.82) is 0 Å². The number of carbonyl (C=O) groups is 2. The number of carbonyl (C=O) groups excluding carboxylic acids is 2. The maximum absolute atomic E-state index is 12.4. The van der Waals surface area contributed by atoms with Gasteiger partial charge in [0, 0.05) is 49.3 Å². The second kappa shape index (κ2) is 6.15. The van der Waals surface area contributed by atoms with Gasteiger partial charge in [0.05, 0.1) is 0 Å². The van der Waals surface area contributed by atoms with Crippen molar-refractivity contribution in [2.75, 3.05) is 13.1 Å². The van der Waals surface area contributed by atoms with Crippen molar-refractivity contribution >= 4 is 11.8 Å². The molecular weight excluding hydrogens is 304 g/mol. The fourth-order valence-corrected chi connectivity index (χ4v) is 4.00. The molecule has 2 saturated carbocycles. The first-order valence-electron chi connectivity index (χ1n) is 8.98. The van der Waals surface area contributed by atoms with E-state index in [1.807, 2.05) is 4.90 Å². The number of hydrogen-bond donors (Lipinski definition) is 1. The average molecular weight is 328 g/mol. The number of amides is 2. The molecule has 2 aliphatic carbocycles. The first-order chi connectivity index (χ1) is 11.7. The molecule has 0 unspecified atom stereocenters. The summed E-state index contributed by atoms with van der Waals surface area (Å²) in [5, 5.41) is 3.16. The molecule has 0 aromatic carbocycles. The highest BCUT2D eigenvalue weighted by Gasteiger charge is 2.61. The first-order valence-corrected chi connectivity index (χ1v) is 8.98. The van der Waals surface area contributed by atoms with Crippen LogP contribution in [-0.2, 0) is 16.0 Å². The fraction of sp³-hybridized carbons (Fsp3) is 0.667. The Hall–Kier alpha value is -1.98. The summed E-state index contributed by atoms with van der Waals surface area (Å²) < 4.78 is 0. The third kappa shape index (κ3) is 3.01. The zero-order chi connectivity index (χ0) is 16.6. The lowest BCUT2D eigenvalue weighted by Crippen LogP contribution is -2.41. The van der Waals surface area contributed by atoms with Crippen molar-refractivity contribution in [1.82, 2.24) is 20.2 Å². The zero-order valence-electron chi connectivity index (χ0n) is 13.9. The number of likely N-dealkylation sites (tertiary alicyclic amines) is 1. The van der Waals surface area contributed by atoms with Gasteiger partial charge in [-0.25, -0.2) is 9.97 Å². The molecule has 6 nitrogen and oxygen atoms in total. The molecular formula is C18H24N4O2. The van der Waals surface area contributed by atoms with Gasteiger partial charge in [0.25, 0.3) is 0 Å². The van der Waals surface area contributed by atoms with Gasteiger partial charge in [-0.15, -0.1) is 0 Å². The molecule has 1 N–H and O–H groups in total. The molecule has 1 aromatic rings. The predicted octanol–water partition coefficient (Wildman–Crippen LogP) is 1.32. The summed E-state index contributed by atoms with van der Waals surface area (Å²) in [6.07, 6.45) is 11.6. The Bertz CT molecular complexity index is 631. The van der Waals surface area contributed by atoms with Gasteiger partial charge >= 0.3 is 0 Å². The third-order valence-corrected chi connectivity index (χ3v) is 5.94. The molecule has 0 radical (unpaired) electrons. The van der Waals surface area contributed by atoms with Gasteiger partial charge < -0.3 is 10.2 Å². The summed E-state index contributed by atoms with van der Waals surface area (Å²) in [5.41, 5.74) is 1.06. The van der Waals surface area contributed by atoms with E-state index < -0.39 is 0 Å². The van der Waals surface area contributed by atoms with Crippen LogP contribution in [0.2, 0.25) is 0 Å². The molecule has 2 heterocycles. The van der Waals surface area contributed by atoms with E-state index in [4.69, 9.17) is 0 Å². The summed E-state index contributed by atoms with van der Waals surface area (Å²) in [7, 11) is 0. The minimum atomic E-state index is 0.0688. The van der Waals surface area contributed by atoms with Crippen LogP contribution < -0.4 is 5.32 Å². The number of aryl methyl sites for hydroxylation is 1. The smallest absolute Gasteiger partial charge is 0.223 e. The van der Waals surface area contributed by atoms with E-state index in [9.17, 15) is 9.59 Å². The Kier molecular flexibility index (Phi) is 3.98. The van der Waals surface area contributed by atoms with Crippen molar-refractivity contribution in [3.63, 3.8) is 0 Å². The molecule has 2 atom stereocenters. The highest BCUT2D eigenvalue weighted by Crippen LogP contribution is 2.58. The van der Waals surface area contributed by atoms with Crippen LogP contribution in [0.15, 0.2) is 18.7 Å². The normalized spacial score (nSPS) is 28.7. The Balaban J connectivity index is 1.26. The molecule has 1 saturated heterocycles. The molecule has 0 bridgehead atoms. The second-order valence-corrected chi connectivity index (χ2v) is 7.57. The van der Waals surface area contributed by atoms with E-state index in [2.05, 4.69) is 15.3 Å². The van der Waals surface area contributed by atoms with E-state index in [1.54, 1.807) is 12.4 Å². The summed E-state index contributed by atoms with van der Waals surface area (Å²) in [6.45, 7) is 1.54. The van der Waals surface area contributed by atoms with Gasteiger partial charge in [0.15, 0.2) is 0 Å². The SMILES string of the molecule is O=C(NC1CCC1)[C@@H]1C[C@@]12CCN(C(=O)CCc1cncnc1)C2. The fourth-order valence-electron chi connectivity index (χ4n) is 4.00. The van der Waals surface area contributed by atoms with E-state index in [0.717, 1.165) is 44.3 Å². The Morgan fingerprint density at radius 1 is 1.29 bits per heavy atom. The standard InChI is InChI=1S/C18H24N4O2/c23-16(5-4-13-9-19-12-20-10-13)22-7-6-18(11-22)8-15(18)17(24)21-14-2-1-3-14/h9-10,12,14-15H,1-8,11H2,(H,21,24)/t15-,18+/m0/s1. The largest absolute Gasteiger partial charge is 0.353 e. The minimum Gasteiger partial charge on any atom is -0.353 e. The minimum absolute atomic E-state index is 0.0688. The quantitative estimate of drug-likeness (QED) is 0.884. The number of nitrogens with zero attached hydrogens (tertiary/aromatic N) is 3. The van der Waals surface area contributed by atoms with Crippen molar-refractivity contribution in [2.24, 2.45) is 11.3 Å². The predicted molar refractivity (Wildman–Crippen MR) is 87.9 cm³/mol. The molecule has 24 heavy (non-hydrogen) atoms. The lowest BCUT2D eigenvalue weighted by Gasteiger charge is -2.26. The topological polar surface area (TPSA) is 75.2 Å². The van der Waals surface area contributed by atoms with Crippen LogP contribution in [0.5, 0.6) is 0 Å². The van der Waals surface area contributed by atoms with Gasteiger partial charge in [-0.05, 0) is 44.1 Å². The van der Waals surface area contributed by atoms with Crippen molar-refractivity contribution in [2.45, 2.75) is 51.0 Å². The molecule has 6 heteroatoms. The van der Waals surface area contributed by atoms with E-state index >= 15 is 0 Å². The zero-order valence-corrected chi connectivity index (χ0v) is 13.9. The number of nitrogens with one attached hydrogen (secondary N) is 1. The van der Waals surface area contributed by atoms with Gasteiger partial charge in [-0.3, -0.25) is 9.59 Å². The Labute approximate surface area is 142 Å². The van der Waals surface area contributed by atoms with Crippen molar-refractivity contribution in [3.8, 4) is 0 Å². The van der Waals surface area contributed by atoms with Crippen LogP contribution >= 0.6 is 0 Å². The van der Waals surface area contributed by atoms with Crippen molar-refractivity contribution < 1.29 is 9.59 Å². The molecule has 3 fully saturated rings. The Morgan fingerprint density at radius 3 is 2.79 bits per heavy atom. The second-order valence-electron chi connectivity index (χ2n) is 7.57. The monoisotopic (exact) mass is 328 g/mol. The maximum Gasteiger partial charge on any atom is 0.223 e. The first kappa shape index (κ1) is 15.5. The number of hydrogen-bond acceptors (Lipinski definition) is 4. The average Bonchev–Trinajstić information content (AvgIpc) is 3.10. The Morgan fingerprint density at radius 2 is 2.08 bits per heavy atom.